The second-order valence-electron chi connectivity index (χ2n) is 12.1. The highest BCUT2D eigenvalue weighted by Gasteiger charge is 2.51. The molecule has 1 aromatic carbocycles. The molecule has 1 amide bonds. The maximum absolute atomic E-state index is 12.6. The zero-order valence-electron chi connectivity index (χ0n) is 23.9. The number of Topliss-reactive ketones (excluding diaryl/α,β-unsaturated/α-hetero) is 1. The van der Waals surface area contributed by atoms with Crippen molar-refractivity contribution in [2.45, 2.75) is 51.9 Å². The molecule has 41 heavy (non-hydrogen) atoms. The quantitative estimate of drug-likeness (QED) is 0.230. The molecule has 1 aliphatic carbocycles. The van der Waals surface area contributed by atoms with Gasteiger partial charge in [-0.05, 0) is 24.5 Å². The lowest BCUT2D eigenvalue weighted by Gasteiger charge is -2.19. The van der Waals surface area contributed by atoms with E-state index in [0.717, 1.165) is 50.7 Å². The van der Waals surface area contributed by atoms with Crippen LogP contribution in [0.3, 0.4) is 0 Å². The number of carbonyl (C=O) groups excluding carboxylic acids is 2. The maximum atomic E-state index is 12.6. The summed E-state index contributed by atoms with van der Waals surface area (Å²) in [6.07, 6.45) is 4.28. The third-order valence-corrected chi connectivity index (χ3v) is 8.44. The summed E-state index contributed by atoms with van der Waals surface area (Å²) in [5.74, 6) is 1.50. The van der Waals surface area contributed by atoms with Crippen LogP contribution in [-0.2, 0) is 27.8 Å². The fraction of sp³-hybridized carbons (Fsp3) is 0.387. The lowest BCUT2D eigenvalue weighted by atomic mass is 9.93. The summed E-state index contributed by atoms with van der Waals surface area (Å²) in [6, 6.07) is 13.6. The van der Waals surface area contributed by atoms with Gasteiger partial charge < -0.3 is 14.2 Å². The van der Waals surface area contributed by atoms with Crippen molar-refractivity contribution < 1.29 is 18.8 Å². The fourth-order valence-electron chi connectivity index (χ4n) is 4.88. The molecule has 4 aromatic heterocycles. The molecule has 0 spiro atoms. The van der Waals surface area contributed by atoms with E-state index in [1.54, 1.807) is 19.0 Å². The molecule has 10 heteroatoms. The van der Waals surface area contributed by atoms with Crippen molar-refractivity contribution >= 4 is 38.3 Å². The summed E-state index contributed by atoms with van der Waals surface area (Å²) in [6.45, 7) is 6.50. The number of imidazole rings is 1. The summed E-state index contributed by atoms with van der Waals surface area (Å²) < 4.78 is 13.4. The van der Waals surface area contributed by atoms with E-state index in [0.29, 0.717) is 24.6 Å². The first-order chi connectivity index (χ1) is 19.5. The van der Waals surface area contributed by atoms with Crippen molar-refractivity contribution in [3.63, 3.8) is 0 Å². The van der Waals surface area contributed by atoms with Gasteiger partial charge in [0.05, 0.1) is 28.7 Å². The van der Waals surface area contributed by atoms with Gasteiger partial charge in [0.2, 0.25) is 11.8 Å². The zero-order valence-corrected chi connectivity index (χ0v) is 24.7. The normalized spacial score (nSPS) is 14.5. The van der Waals surface area contributed by atoms with Crippen LogP contribution in [0.25, 0.3) is 26.6 Å². The van der Waals surface area contributed by atoms with Crippen molar-refractivity contribution in [1.82, 2.24) is 24.4 Å². The highest BCUT2D eigenvalue weighted by molar-refractivity contribution is 7.23. The highest BCUT2D eigenvalue weighted by Crippen LogP contribution is 2.47. The second kappa shape index (κ2) is 10.1. The van der Waals surface area contributed by atoms with Gasteiger partial charge in [-0.15, -0.1) is 0 Å². The largest absolute Gasteiger partial charge is 0.476 e. The van der Waals surface area contributed by atoms with E-state index in [1.807, 2.05) is 53.1 Å². The van der Waals surface area contributed by atoms with Crippen LogP contribution in [0.4, 0.5) is 0 Å². The average Bonchev–Trinajstić information content (AvgIpc) is 3.20. The number of ketones is 1. The molecule has 0 unspecified atom stereocenters. The minimum absolute atomic E-state index is 0.0907. The van der Waals surface area contributed by atoms with E-state index in [9.17, 15) is 9.59 Å². The molecule has 1 aliphatic rings. The van der Waals surface area contributed by atoms with Crippen molar-refractivity contribution in [3.8, 4) is 17.1 Å². The highest BCUT2D eigenvalue weighted by atomic mass is 32.1. The standard InChI is InChI=1S/C31H33N5O4S/c1-30(2,3)25-16-21(34-40-25)15-22(37)14-19-6-8-20(9-7-19)23-17-36-24-10-11-26(33-27(24)41-29(36)32-23)39-18-31(12-13-31)28(38)35(4)5/h6-11,16-17H,12-15,18H2,1-5H3. The summed E-state index contributed by atoms with van der Waals surface area (Å²) >= 11 is 1.49. The van der Waals surface area contributed by atoms with Crippen molar-refractivity contribution in [2.24, 2.45) is 5.41 Å². The lowest BCUT2D eigenvalue weighted by molar-refractivity contribution is -0.135. The van der Waals surface area contributed by atoms with Gasteiger partial charge >= 0.3 is 0 Å². The Balaban J connectivity index is 1.11. The van der Waals surface area contributed by atoms with E-state index >= 15 is 0 Å². The Kier molecular flexibility index (Phi) is 6.68. The van der Waals surface area contributed by atoms with Crippen LogP contribution >= 0.6 is 11.3 Å². The van der Waals surface area contributed by atoms with E-state index < -0.39 is 5.41 Å². The molecular formula is C31H33N5O4S. The Labute approximate surface area is 242 Å². The minimum atomic E-state index is -0.408. The molecule has 1 saturated carbocycles. The van der Waals surface area contributed by atoms with Gasteiger partial charge in [-0.25, -0.2) is 9.97 Å². The Bertz CT molecular complexity index is 1750. The van der Waals surface area contributed by atoms with Crippen LogP contribution in [-0.4, -0.2) is 56.8 Å². The van der Waals surface area contributed by atoms with Gasteiger partial charge in [0.1, 0.15) is 23.0 Å². The molecule has 9 nitrogen and oxygen atoms in total. The number of hydrogen-bond donors (Lipinski definition) is 0. The Morgan fingerprint density at radius 2 is 1.83 bits per heavy atom. The summed E-state index contributed by atoms with van der Waals surface area (Å²) in [4.78, 5) is 37.9. The van der Waals surface area contributed by atoms with Gasteiger partial charge in [-0.2, -0.15) is 0 Å². The van der Waals surface area contributed by atoms with E-state index in [-0.39, 0.29) is 23.5 Å². The maximum Gasteiger partial charge on any atom is 0.231 e. The second-order valence-corrected chi connectivity index (χ2v) is 13.1. The fourth-order valence-corrected chi connectivity index (χ4v) is 5.85. The third kappa shape index (κ3) is 5.48. The van der Waals surface area contributed by atoms with Crippen molar-refractivity contribution in [2.75, 3.05) is 20.7 Å². The average molecular weight is 572 g/mol. The number of hydrogen-bond acceptors (Lipinski definition) is 8. The topological polar surface area (TPSA) is 103 Å². The molecule has 0 saturated heterocycles. The van der Waals surface area contributed by atoms with Gasteiger partial charge in [0.25, 0.3) is 0 Å². The Morgan fingerprint density at radius 1 is 1.07 bits per heavy atom. The molecule has 0 N–H and O–H groups in total. The van der Waals surface area contributed by atoms with Crippen LogP contribution in [0.5, 0.6) is 5.88 Å². The number of pyridine rings is 1. The van der Waals surface area contributed by atoms with Crippen molar-refractivity contribution in [1.29, 1.82) is 0 Å². The Morgan fingerprint density at radius 3 is 2.49 bits per heavy atom. The van der Waals surface area contributed by atoms with Crippen LogP contribution < -0.4 is 4.74 Å². The Hall–Kier alpha value is -4.05. The monoisotopic (exact) mass is 571 g/mol. The summed E-state index contributed by atoms with van der Waals surface area (Å²) in [5.41, 5.74) is 3.85. The van der Waals surface area contributed by atoms with E-state index in [2.05, 4.69) is 30.9 Å². The molecule has 5 aromatic rings. The van der Waals surface area contributed by atoms with Gasteiger partial charge in [-0.1, -0.05) is 61.5 Å². The van der Waals surface area contributed by atoms with Crippen molar-refractivity contribution in [3.05, 3.63) is 65.7 Å². The molecule has 0 atom stereocenters. The molecule has 0 aliphatic heterocycles. The van der Waals surface area contributed by atoms with E-state index in [4.69, 9.17) is 14.2 Å². The summed E-state index contributed by atoms with van der Waals surface area (Å²) in [7, 11) is 3.56. The number of nitrogens with zero attached hydrogens (tertiary/aromatic N) is 5. The molecule has 0 bridgehead atoms. The number of benzene rings is 1. The van der Waals surface area contributed by atoms with E-state index in [1.165, 1.54) is 11.3 Å². The van der Waals surface area contributed by atoms with Crippen LogP contribution in [0, 0.1) is 5.41 Å². The SMILES string of the molecule is CN(C)C(=O)C1(COc2ccc3c(n2)sc2nc(-c4ccc(CC(=O)Cc5cc(C(C)(C)C)on5)cc4)cn23)CC1. The predicted octanol–water partition coefficient (Wildman–Crippen LogP) is 5.50. The molecule has 6 rings (SSSR count). The smallest absolute Gasteiger partial charge is 0.231 e. The number of ether oxygens (including phenoxy) is 1. The van der Waals surface area contributed by atoms with Gasteiger partial charge in [0.15, 0.2) is 4.96 Å². The number of rotatable bonds is 9. The number of amides is 1. The molecule has 4 heterocycles. The van der Waals surface area contributed by atoms with Gasteiger partial charge in [-0.3, -0.25) is 14.0 Å². The zero-order chi connectivity index (χ0) is 28.9. The number of aromatic nitrogens is 4. The van der Waals surface area contributed by atoms with Crippen LogP contribution in [0.15, 0.2) is 53.2 Å². The molecule has 1 fully saturated rings. The number of carbonyl (C=O) groups is 2. The van der Waals surface area contributed by atoms with Crippen LogP contribution in [0.2, 0.25) is 0 Å². The predicted molar refractivity (Wildman–Crippen MR) is 157 cm³/mol. The molecular weight excluding hydrogens is 538 g/mol. The number of fused-ring (bicyclic) bond motifs is 3. The van der Waals surface area contributed by atoms with Gasteiger partial charge in [0, 0.05) is 49.8 Å². The minimum Gasteiger partial charge on any atom is -0.476 e. The third-order valence-electron chi connectivity index (χ3n) is 7.47. The summed E-state index contributed by atoms with van der Waals surface area (Å²) in [5, 5.41) is 4.06. The first-order valence-corrected chi connectivity index (χ1v) is 14.5. The molecule has 0 radical (unpaired) electrons. The lowest BCUT2D eigenvalue weighted by Crippen LogP contribution is -2.34. The van der Waals surface area contributed by atoms with Crippen LogP contribution in [0.1, 0.15) is 50.6 Å². The first kappa shape index (κ1) is 27.1. The molecule has 212 valence electrons. The number of thiazole rings is 1. The first-order valence-electron chi connectivity index (χ1n) is 13.7.